The first-order valence-electron chi connectivity index (χ1n) is 7.46. The van der Waals surface area contributed by atoms with Crippen molar-refractivity contribution in [1.29, 1.82) is 0 Å². The van der Waals surface area contributed by atoms with Gasteiger partial charge < -0.3 is 10.3 Å². The SMILES string of the molecule is Cc1ccc2nc(SC(C)C(=O)NC3CCS(=O)(=O)C3)[nH]c2c1. The van der Waals surface area contributed by atoms with Crippen LogP contribution in [0.15, 0.2) is 23.4 Å². The highest BCUT2D eigenvalue weighted by atomic mass is 32.2. The van der Waals surface area contributed by atoms with Gasteiger partial charge >= 0.3 is 0 Å². The molecule has 0 aliphatic carbocycles. The molecular formula is C15H19N3O3S2. The summed E-state index contributed by atoms with van der Waals surface area (Å²) in [5.74, 6) is 0.0383. The average molecular weight is 353 g/mol. The number of carbonyl (C=O) groups is 1. The van der Waals surface area contributed by atoms with Crippen LogP contribution in [0.3, 0.4) is 0 Å². The molecule has 1 aliphatic heterocycles. The second-order valence-corrected chi connectivity index (χ2v) is 9.49. The second-order valence-electron chi connectivity index (χ2n) is 5.93. The van der Waals surface area contributed by atoms with Gasteiger partial charge in [0.05, 0.1) is 27.8 Å². The normalized spacial score (nSPS) is 21.4. The Morgan fingerprint density at radius 3 is 2.96 bits per heavy atom. The van der Waals surface area contributed by atoms with Crippen LogP contribution >= 0.6 is 11.8 Å². The molecular weight excluding hydrogens is 334 g/mol. The molecule has 23 heavy (non-hydrogen) atoms. The van der Waals surface area contributed by atoms with E-state index in [0.29, 0.717) is 11.6 Å². The zero-order chi connectivity index (χ0) is 16.6. The Labute approximate surface area is 139 Å². The van der Waals surface area contributed by atoms with Crippen LogP contribution in [0.4, 0.5) is 0 Å². The van der Waals surface area contributed by atoms with Gasteiger partial charge in [0.15, 0.2) is 15.0 Å². The number of benzene rings is 1. The summed E-state index contributed by atoms with van der Waals surface area (Å²) < 4.78 is 22.9. The number of hydrogen-bond acceptors (Lipinski definition) is 5. The highest BCUT2D eigenvalue weighted by Crippen LogP contribution is 2.24. The van der Waals surface area contributed by atoms with E-state index in [1.165, 1.54) is 11.8 Å². The Hall–Kier alpha value is -1.54. The number of amides is 1. The molecule has 8 heteroatoms. The molecule has 124 valence electrons. The summed E-state index contributed by atoms with van der Waals surface area (Å²) >= 11 is 1.34. The van der Waals surface area contributed by atoms with Gasteiger partial charge in [-0.2, -0.15) is 0 Å². The number of nitrogens with one attached hydrogen (secondary N) is 2. The fraction of sp³-hybridized carbons (Fsp3) is 0.467. The number of imidazole rings is 1. The molecule has 2 unspecified atom stereocenters. The summed E-state index contributed by atoms with van der Waals surface area (Å²) in [5.41, 5.74) is 2.96. The fourth-order valence-electron chi connectivity index (χ4n) is 2.60. The minimum absolute atomic E-state index is 0.0417. The zero-order valence-electron chi connectivity index (χ0n) is 13.0. The van der Waals surface area contributed by atoms with E-state index in [2.05, 4.69) is 15.3 Å². The van der Waals surface area contributed by atoms with Crippen molar-refractivity contribution in [2.75, 3.05) is 11.5 Å². The maximum Gasteiger partial charge on any atom is 0.233 e. The first-order chi connectivity index (χ1) is 10.8. The molecule has 2 heterocycles. The lowest BCUT2D eigenvalue weighted by molar-refractivity contribution is -0.120. The predicted molar refractivity (Wildman–Crippen MR) is 91.4 cm³/mol. The number of nitrogens with zero attached hydrogens (tertiary/aromatic N) is 1. The standard InChI is InChI=1S/C15H19N3O3S2/c1-9-3-4-12-13(7-9)18-15(17-12)22-10(2)14(19)16-11-5-6-23(20,21)8-11/h3-4,7,10-11H,5-6,8H2,1-2H3,(H,16,19)(H,17,18). The summed E-state index contributed by atoms with van der Waals surface area (Å²) in [5, 5.41) is 3.16. The molecule has 1 aliphatic rings. The molecule has 0 saturated carbocycles. The molecule has 2 N–H and O–H groups in total. The van der Waals surface area contributed by atoms with E-state index in [1.54, 1.807) is 6.92 Å². The lowest BCUT2D eigenvalue weighted by atomic mass is 10.2. The maximum absolute atomic E-state index is 12.2. The third-order valence-corrected chi connectivity index (χ3v) is 6.60. The Bertz CT molecular complexity index is 845. The van der Waals surface area contributed by atoms with E-state index >= 15 is 0 Å². The molecule has 2 atom stereocenters. The van der Waals surface area contributed by atoms with Crippen LogP contribution in [0.2, 0.25) is 0 Å². The highest BCUT2D eigenvalue weighted by Gasteiger charge is 2.30. The van der Waals surface area contributed by atoms with Crippen LogP contribution in [-0.4, -0.2) is 47.1 Å². The van der Waals surface area contributed by atoms with Crippen molar-refractivity contribution in [3.8, 4) is 0 Å². The zero-order valence-corrected chi connectivity index (χ0v) is 14.6. The van der Waals surface area contributed by atoms with Gasteiger partial charge in [0.25, 0.3) is 0 Å². The van der Waals surface area contributed by atoms with Gasteiger partial charge in [0.2, 0.25) is 5.91 Å². The number of carbonyl (C=O) groups excluding carboxylic acids is 1. The number of aromatic amines is 1. The molecule has 1 aromatic heterocycles. The van der Waals surface area contributed by atoms with Crippen LogP contribution in [0.5, 0.6) is 0 Å². The third-order valence-electron chi connectivity index (χ3n) is 3.85. The van der Waals surface area contributed by atoms with Crippen molar-refractivity contribution in [3.05, 3.63) is 23.8 Å². The van der Waals surface area contributed by atoms with Gasteiger partial charge in [-0.1, -0.05) is 17.8 Å². The lowest BCUT2D eigenvalue weighted by Crippen LogP contribution is -2.39. The van der Waals surface area contributed by atoms with Crippen LogP contribution in [-0.2, 0) is 14.6 Å². The number of sulfone groups is 1. The van der Waals surface area contributed by atoms with Gasteiger partial charge in [0, 0.05) is 6.04 Å². The predicted octanol–water partition coefficient (Wildman–Crippen LogP) is 1.66. The van der Waals surface area contributed by atoms with Crippen molar-refractivity contribution < 1.29 is 13.2 Å². The van der Waals surface area contributed by atoms with Crippen LogP contribution < -0.4 is 5.32 Å². The molecule has 3 rings (SSSR count). The minimum Gasteiger partial charge on any atom is -0.351 e. The molecule has 0 radical (unpaired) electrons. The molecule has 2 aromatic rings. The minimum atomic E-state index is -2.99. The van der Waals surface area contributed by atoms with Crippen molar-refractivity contribution in [2.45, 2.75) is 36.7 Å². The number of H-pyrrole nitrogens is 1. The number of aromatic nitrogens is 2. The van der Waals surface area contributed by atoms with Gasteiger partial charge in [-0.05, 0) is 38.0 Å². The highest BCUT2D eigenvalue weighted by molar-refractivity contribution is 8.00. The Kier molecular flexibility index (Phi) is 4.37. The van der Waals surface area contributed by atoms with Gasteiger partial charge in [0.1, 0.15) is 0 Å². The molecule has 6 nitrogen and oxygen atoms in total. The van der Waals surface area contributed by atoms with Gasteiger partial charge in [-0.15, -0.1) is 0 Å². The number of thioether (sulfide) groups is 1. The third kappa shape index (κ3) is 3.87. The monoisotopic (exact) mass is 353 g/mol. The van der Waals surface area contributed by atoms with Crippen LogP contribution in [0, 0.1) is 6.92 Å². The number of fused-ring (bicyclic) bond motifs is 1. The van der Waals surface area contributed by atoms with E-state index in [0.717, 1.165) is 16.6 Å². The molecule has 0 spiro atoms. The number of aryl methyl sites for hydroxylation is 1. The van der Waals surface area contributed by atoms with Crippen molar-refractivity contribution in [1.82, 2.24) is 15.3 Å². The molecule has 1 saturated heterocycles. The first-order valence-corrected chi connectivity index (χ1v) is 10.2. The summed E-state index contributed by atoms with van der Waals surface area (Å²) in [6.07, 6.45) is 0.495. The van der Waals surface area contributed by atoms with E-state index in [1.807, 2.05) is 25.1 Å². The van der Waals surface area contributed by atoms with Gasteiger partial charge in [-0.25, -0.2) is 13.4 Å². The van der Waals surface area contributed by atoms with E-state index in [-0.39, 0.29) is 28.7 Å². The molecule has 1 amide bonds. The maximum atomic E-state index is 12.2. The lowest BCUT2D eigenvalue weighted by Gasteiger charge is -2.14. The Morgan fingerprint density at radius 2 is 2.26 bits per heavy atom. The summed E-state index contributed by atoms with van der Waals surface area (Å²) in [6.45, 7) is 3.81. The molecule has 1 aromatic carbocycles. The van der Waals surface area contributed by atoms with Crippen molar-refractivity contribution in [3.63, 3.8) is 0 Å². The van der Waals surface area contributed by atoms with Crippen LogP contribution in [0.1, 0.15) is 18.9 Å². The summed E-state index contributed by atoms with van der Waals surface area (Å²) in [6, 6.07) is 5.68. The fourth-order valence-corrected chi connectivity index (χ4v) is 5.11. The number of rotatable bonds is 4. The Balaban J connectivity index is 1.63. The second kappa shape index (κ2) is 6.16. The van der Waals surface area contributed by atoms with Crippen LogP contribution in [0.25, 0.3) is 11.0 Å². The van der Waals surface area contributed by atoms with Gasteiger partial charge in [-0.3, -0.25) is 4.79 Å². The quantitative estimate of drug-likeness (QED) is 0.816. The first kappa shape index (κ1) is 16.3. The van der Waals surface area contributed by atoms with E-state index in [4.69, 9.17) is 0 Å². The largest absolute Gasteiger partial charge is 0.351 e. The smallest absolute Gasteiger partial charge is 0.233 e. The molecule has 1 fully saturated rings. The summed E-state index contributed by atoms with van der Waals surface area (Å²) in [7, 11) is -2.99. The topological polar surface area (TPSA) is 91.9 Å². The number of hydrogen-bond donors (Lipinski definition) is 2. The average Bonchev–Trinajstić information content (AvgIpc) is 3.00. The van der Waals surface area contributed by atoms with E-state index < -0.39 is 9.84 Å². The van der Waals surface area contributed by atoms with Crippen molar-refractivity contribution in [2.24, 2.45) is 0 Å². The van der Waals surface area contributed by atoms with Crippen molar-refractivity contribution >= 4 is 38.5 Å². The summed E-state index contributed by atoms with van der Waals surface area (Å²) in [4.78, 5) is 19.9. The molecule has 0 bridgehead atoms. The van der Waals surface area contributed by atoms with E-state index in [9.17, 15) is 13.2 Å². The Morgan fingerprint density at radius 1 is 1.48 bits per heavy atom.